The molecular weight excluding hydrogens is 336 g/mol. The standard InChI is InChI=1S/C15H12N2O4S2/c1-23(19,20)17-12-11-8-5-9-16-14(11)22-13(12)15(18)21-10-6-3-2-4-7-10/h2-9,17H,1H3. The van der Waals surface area contributed by atoms with E-state index in [-0.39, 0.29) is 10.6 Å². The second-order valence-electron chi connectivity index (χ2n) is 4.74. The molecule has 3 rings (SSSR count). The van der Waals surface area contributed by atoms with E-state index in [4.69, 9.17) is 4.74 Å². The minimum absolute atomic E-state index is 0.160. The Kier molecular flexibility index (Phi) is 4.01. The first-order valence-electron chi connectivity index (χ1n) is 6.56. The summed E-state index contributed by atoms with van der Waals surface area (Å²) in [7, 11) is -3.55. The van der Waals surface area contributed by atoms with Gasteiger partial charge in [-0.3, -0.25) is 4.72 Å². The number of fused-ring (bicyclic) bond motifs is 1. The summed E-state index contributed by atoms with van der Waals surface area (Å²) in [6, 6.07) is 12.0. The Morgan fingerprint density at radius 2 is 1.91 bits per heavy atom. The van der Waals surface area contributed by atoms with Crippen LogP contribution in [0.15, 0.2) is 48.7 Å². The number of thiophene rings is 1. The monoisotopic (exact) mass is 348 g/mol. The van der Waals surface area contributed by atoms with Crippen molar-refractivity contribution in [2.75, 3.05) is 11.0 Å². The molecule has 2 heterocycles. The van der Waals surface area contributed by atoms with Gasteiger partial charge >= 0.3 is 5.97 Å². The van der Waals surface area contributed by atoms with Gasteiger partial charge in [-0.2, -0.15) is 0 Å². The molecule has 0 aliphatic rings. The number of nitrogens with zero attached hydrogens (tertiary/aromatic N) is 1. The molecule has 0 saturated carbocycles. The highest BCUT2D eigenvalue weighted by molar-refractivity contribution is 7.92. The van der Waals surface area contributed by atoms with Crippen molar-refractivity contribution in [2.45, 2.75) is 0 Å². The van der Waals surface area contributed by atoms with Crippen molar-refractivity contribution >= 4 is 43.2 Å². The zero-order valence-corrected chi connectivity index (χ0v) is 13.6. The Labute approximate surface area is 136 Å². The van der Waals surface area contributed by atoms with E-state index in [0.717, 1.165) is 17.6 Å². The van der Waals surface area contributed by atoms with E-state index in [9.17, 15) is 13.2 Å². The number of sulfonamides is 1. The van der Waals surface area contributed by atoms with Crippen LogP contribution in [0.1, 0.15) is 9.67 Å². The number of esters is 1. The Bertz CT molecular complexity index is 966. The maximum atomic E-state index is 12.4. The molecular formula is C15H12N2O4S2. The van der Waals surface area contributed by atoms with Crippen LogP contribution in [0.2, 0.25) is 0 Å². The fourth-order valence-corrected chi connectivity index (χ4v) is 3.63. The van der Waals surface area contributed by atoms with Crippen molar-refractivity contribution in [1.82, 2.24) is 4.98 Å². The second kappa shape index (κ2) is 5.98. The number of pyridine rings is 1. The number of aromatic nitrogens is 1. The molecule has 0 radical (unpaired) electrons. The van der Waals surface area contributed by atoms with Gasteiger partial charge in [-0.05, 0) is 24.3 Å². The first-order chi connectivity index (χ1) is 10.9. The summed E-state index contributed by atoms with van der Waals surface area (Å²) in [5, 5.41) is 0.558. The van der Waals surface area contributed by atoms with Gasteiger partial charge in [0.25, 0.3) is 0 Å². The summed E-state index contributed by atoms with van der Waals surface area (Å²) in [5.41, 5.74) is 0.196. The summed E-state index contributed by atoms with van der Waals surface area (Å²) in [6.45, 7) is 0. The molecule has 6 nitrogen and oxygen atoms in total. The van der Waals surface area contributed by atoms with Gasteiger partial charge in [0, 0.05) is 11.6 Å². The number of benzene rings is 1. The van der Waals surface area contributed by atoms with Crippen LogP contribution in [0.4, 0.5) is 5.69 Å². The fourth-order valence-electron chi connectivity index (χ4n) is 2.00. The highest BCUT2D eigenvalue weighted by Gasteiger charge is 2.23. The van der Waals surface area contributed by atoms with Gasteiger partial charge in [0.15, 0.2) is 0 Å². The number of ether oxygens (including phenoxy) is 1. The van der Waals surface area contributed by atoms with E-state index in [2.05, 4.69) is 9.71 Å². The number of anilines is 1. The molecule has 0 atom stereocenters. The van der Waals surface area contributed by atoms with Crippen LogP contribution in [0, 0.1) is 0 Å². The minimum Gasteiger partial charge on any atom is -0.422 e. The first kappa shape index (κ1) is 15.4. The maximum Gasteiger partial charge on any atom is 0.355 e. The zero-order chi connectivity index (χ0) is 16.4. The number of para-hydroxylation sites is 1. The van der Waals surface area contributed by atoms with Gasteiger partial charge in [-0.15, -0.1) is 11.3 Å². The Balaban J connectivity index is 2.05. The lowest BCUT2D eigenvalue weighted by Crippen LogP contribution is -2.14. The van der Waals surface area contributed by atoms with Crippen molar-refractivity contribution in [3.63, 3.8) is 0 Å². The van der Waals surface area contributed by atoms with E-state index in [1.807, 2.05) is 0 Å². The van der Waals surface area contributed by atoms with E-state index in [1.165, 1.54) is 0 Å². The second-order valence-corrected chi connectivity index (χ2v) is 7.49. The third-order valence-corrected chi connectivity index (χ3v) is 4.56. The van der Waals surface area contributed by atoms with Gasteiger partial charge in [0.05, 0.1) is 11.9 Å². The highest BCUT2D eigenvalue weighted by Crippen LogP contribution is 2.35. The predicted molar refractivity (Wildman–Crippen MR) is 89.5 cm³/mol. The molecule has 118 valence electrons. The third kappa shape index (κ3) is 3.49. The van der Waals surface area contributed by atoms with Gasteiger partial charge in [0.1, 0.15) is 15.5 Å². The SMILES string of the molecule is CS(=O)(=O)Nc1c(C(=O)Oc2ccccc2)sc2ncccc12. The van der Waals surface area contributed by atoms with Crippen LogP contribution in [0.25, 0.3) is 10.2 Å². The lowest BCUT2D eigenvalue weighted by molar-refractivity contribution is 0.0741. The quantitative estimate of drug-likeness (QED) is 0.579. The van der Waals surface area contributed by atoms with Crippen LogP contribution in [-0.4, -0.2) is 25.6 Å². The van der Waals surface area contributed by atoms with E-state index in [1.54, 1.807) is 48.7 Å². The molecule has 2 aromatic heterocycles. The highest BCUT2D eigenvalue weighted by atomic mass is 32.2. The molecule has 23 heavy (non-hydrogen) atoms. The molecule has 0 spiro atoms. The lowest BCUT2D eigenvalue weighted by Gasteiger charge is -2.06. The molecule has 0 aliphatic carbocycles. The van der Waals surface area contributed by atoms with Crippen LogP contribution in [0.5, 0.6) is 5.75 Å². The Morgan fingerprint density at radius 3 is 2.61 bits per heavy atom. The predicted octanol–water partition coefficient (Wildman–Crippen LogP) is 2.89. The molecule has 3 aromatic rings. The molecule has 0 saturated heterocycles. The van der Waals surface area contributed by atoms with E-state index >= 15 is 0 Å². The maximum absolute atomic E-state index is 12.4. The summed E-state index contributed by atoms with van der Waals surface area (Å²) in [5.74, 6) is -0.251. The lowest BCUT2D eigenvalue weighted by atomic mass is 10.2. The number of nitrogens with one attached hydrogen (secondary N) is 1. The average Bonchev–Trinajstić information content (AvgIpc) is 2.85. The zero-order valence-electron chi connectivity index (χ0n) is 12.0. The van der Waals surface area contributed by atoms with Gasteiger partial charge in [-0.25, -0.2) is 18.2 Å². The molecule has 1 aromatic carbocycles. The molecule has 0 unspecified atom stereocenters. The van der Waals surface area contributed by atoms with Crippen molar-refractivity contribution in [2.24, 2.45) is 0 Å². The number of carbonyl (C=O) groups excluding carboxylic acids is 1. The minimum atomic E-state index is -3.55. The van der Waals surface area contributed by atoms with Crippen molar-refractivity contribution < 1.29 is 17.9 Å². The van der Waals surface area contributed by atoms with Crippen LogP contribution >= 0.6 is 11.3 Å². The first-order valence-corrected chi connectivity index (χ1v) is 9.27. The number of carbonyl (C=O) groups is 1. The van der Waals surface area contributed by atoms with Gasteiger partial charge < -0.3 is 4.74 Å². The van der Waals surface area contributed by atoms with Gasteiger partial charge in [-0.1, -0.05) is 18.2 Å². The fraction of sp³-hybridized carbons (Fsp3) is 0.0667. The van der Waals surface area contributed by atoms with E-state index < -0.39 is 16.0 Å². The van der Waals surface area contributed by atoms with Gasteiger partial charge in [0.2, 0.25) is 10.0 Å². The molecule has 8 heteroatoms. The van der Waals surface area contributed by atoms with Crippen LogP contribution < -0.4 is 9.46 Å². The normalized spacial score (nSPS) is 11.3. The Hall–Kier alpha value is -2.45. The molecule has 0 bridgehead atoms. The van der Waals surface area contributed by atoms with E-state index in [0.29, 0.717) is 16.0 Å². The number of rotatable bonds is 4. The average molecular weight is 348 g/mol. The largest absolute Gasteiger partial charge is 0.422 e. The van der Waals surface area contributed by atoms with Crippen LogP contribution in [-0.2, 0) is 10.0 Å². The summed E-state index contributed by atoms with van der Waals surface area (Å²) in [6.07, 6.45) is 2.61. The Morgan fingerprint density at radius 1 is 1.17 bits per heavy atom. The van der Waals surface area contributed by atoms with Crippen molar-refractivity contribution in [3.8, 4) is 5.75 Å². The summed E-state index contributed by atoms with van der Waals surface area (Å²) >= 11 is 1.08. The smallest absolute Gasteiger partial charge is 0.355 e. The molecule has 0 fully saturated rings. The number of hydrogen-bond donors (Lipinski definition) is 1. The molecule has 0 amide bonds. The topological polar surface area (TPSA) is 85.4 Å². The van der Waals surface area contributed by atoms with Crippen LogP contribution in [0.3, 0.4) is 0 Å². The summed E-state index contributed by atoms with van der Waals surface area (Å²) in [4.78, 5) is 17.3. The third-order valence-electron chi connectivity index (χ3n) is 2.89. The number of hydrogen-bond acceptors (Lipinski definition) is 6. The van der Waals surface area contributed by atoms with Crippen molar-refractivity contribution in [3.05, 3.63) is 53.5 Å². The van der Waals surface area contributed by atoms with Crippen molar-refractivity contribution in [1.29, 1.82) is 0 Å². The molecule has 1 N–H and O–H groups in total. The molecule has 0 aliphatic heterocycles. The summed E-state index contributed by atoms with van der Waals surface area (Å²) < 4.78 is 30.9.